The van der Waals surface area contributed by atoms with Gasteiger partial charge in [0.05, 0.1) is 10.5 Å². The van der Waals surface area contributed by atoms with Gasteiger partial charge in [-0.05, 0) is 44.3 Å². The molecule has 0 unspecified atom stereocenters. The highest BCUT2D eigenvalue weighted by molar-refractivity contribution is 7.89. The van der Waals surface area contributed by atoms with Gasteiger partial charge in [-0.15, -0.1) is 0 Å². The van der Waals surface area contributed by atoms with E-state index < -0.39 is 28.0 Å². The number of nitrogens with one attached hydrogen (secondary N) is 2. The number of anilines is 1. The molecule has 0 fully saturated rings. The van der Waals surface area contributed by atoms with Crippen LogP contribution in [-0.4, -0.2) is 40.2 Å². The number of rotatable bonds is 6. The van der Waals surface area contributed by atoms with Gasteiger partial charge in [0.2, 0.25) is 16.8 Å². The van der Waals surface area contributed by atoms with Crippen molar-refractivity contribution in [3.05, 3.63) is 48.0 Å². The van der Waals surface area contributed by atoms with Crippen LogP contribution in [0, 0.1) is 0 Å². The van der Waals surface area contributed by atoms with Gasteiger partial charge in [0.25, 0.3) is 5.91 Å². The number of amides is 1. The molecule has 2 aromatic rings. The average Bonchev–Trinajstić information content (AvgIpc) is 3.15. The van der Waals surface area contributed by atoms with Crippen molar-refractivity contribution >= 4 is 27.6 Å². The fourth-order valence-electron chi connectivity index (χ4n) is 2.41. The van der Waals surface area contributed by atoms with Gasteiger partial charge in [-0.3, -0.25) is 4.79 Å². The van der Waals surface area contributed by atoms with Crippen LogP contribution in [0.15, 0.2) is 47.4 Å². The van der Waals surface area contributed by atoms with Crippen LogP contribution in [0.5, 0.6) is 11.5 Å². The van der Waals surface area contributed by atoms with E-state index in [1.165, 1.54) is 38.2 Å². The first-order valence-electron chi connectivity index (χ1n) is 8.25. The molecule has 1 aliphatic rings. The number of benzene rings is 2. The topological polar surface area (TPSA) is 120 Å². The smallest absolute Gasteiger partial charge is 0.338 e. The van der Waals surface area contributed by atoms with Gasteiger partial charge < -0.3 is 19.5 Å². The van der Waals surface area contributed by atoms with Crippen LogP contribution >= 0.6 is 0 Å². The molecule has 9 nitrogen and oxygen atoms in total. The van der Waals surface area contributed by atoms with Gasteiger partial charge in [0, 0.05) is 11.8 Å². The average molecular weight is 406 g/mol. The molecule has 1 aliphatic heterocycles. The third-order valence-electron chi connectivity index (χ3n) is 3.94. The summed E-state index contributed by atoms with van der Waals surface area (Å²) in [5, 5.41) is 2.62. The predicted octanol–water partition coefficient (Wildman–Crippen LogP) is 1.51. The Kier molecular flexibility index (Phi) is 5.52. The van der Waals surface area contributed by atoms with Crippen molar-refractivity contribution in [2.45, 2.75) is 17.9 Å². The lowest BCUT2D eigenvalue weighted by Crippen LogP contribution is -2.30. The maximum atomic E-state index is 12.3. The van der Waals surface area contributed by atoms with Crippen molar-refractivity contribution in [2.75, 3.05) is 19.2 Å². The normalized spacial score (nSPS) is 13.6. The second kappa shape index (κ2) is 7.87. The third-order valence-corrected chi connectivity index (χ3v) is 5.35. The zero-order chi connectivity index (χ0) is 20.3. The summed E-state index contributed by atoms with van der Waals surface area (Å²) in [6.45, 7) is 1.53. The molecule has 2 aromatic carbocycles. The number of fused-ring (bicyclic) bond motifs is 1. The van der Waals surface area contributed by atoms with E-state index in [4.69, 9.17) is 14.2 Å². The molecule has 10 heteroatoms. The van der Waals surface area contributed by atoms with Crippen molar-refractivity contribution in [2.24, 2.45) is 0 Å². The first kappa shape index (κ1) is 19.6. The number of hydrogen-bond acceptors (Lipinski definition) is 7. The molecule has 1 amide bonds. The molecule has 148 valence electrons. The van der Waals surface area contributed by atoms with Crippen molar-refractivity contribution in [3.8, 4) is 11.5 Å². The number of carbonyl (C=O) groups is 2. The Morgan fingerprint density at radius 2 is 1.86 bits per heavy atom. The van der Waals surface area contributed by atoms with E-state index in [9.17, 15) is 18.0 Å². The fourth-order valence-corrected chi connectivity index (χ4v) is 3.18. The fraction of sp³-hybridized carbons (Fsp3) is 0.222. The molecule has 1 heterocycles. The van der Waals surface area contributed by atoms with Crippen molar-refractivity contribution in [3.63, 3.8) is 0 Å². The molecule has 0 aromatic heterocycles. The van der Waals surface area contributed by atoms with E-state index in [-0.39, 0.29) is 17.3 Å². The van der Waals surface area contributed by atoms with E-state index in [0.717, 1.165) is 0 Å². The lowest BCUT2D eigenvalue weighted by atomic mass is 10.2. The monoisotopic (exact) mass is 406 g/mol. The Balaban J connectivity index is 1.65. The molecule has 3 rings (SSSR count). The number of hydrogen-bond donors (Lipinski definition) is 2. The summed E-state index contributed by atoms with van der Waals surface area (Å²) in [4.78, 5) is 24.5. The molecule has 0 saturated heterocycles. The summed E-state index contributed by atoms with van der Waals surface area (Å²) < 4.78 is 41.4. The number of ether oxygens (including phenoxy) is 3. The highest BCUT2D eigenvalue weighted by Crippen LogP contribution is 2.34. The molecule has 0 spiro atoms. The Hall–Kier alpha value is -3.11. The van der Waals surface area contributed by atoms with Gasteiger partial charge in [-0.2, -0.15) is 0 Å². The van der Waals surface area contributed by atoms with Crippen molar-refractivity contribution in [1.29, 1.82) is 0 Å². The van der Waals surface area contributed by atoms with Crippen LogP contribution in [0.1, 0.15) is 17.3 Å². The van der Waals surface area contributed by atoms with Gasteiger partial charge in [-0.1, -0.05) is 6.07 Å². The van der Waals surface area contributed by atoms with Gasteiger partial charge in [0.1, 0.15) is 0 Å². The highest BCUT2D eigenvalue weighted by Gasteiger charge is 2.22. The largest absolute Gasteiger partial charge is 0.454 e. The van der Waals surface area contributed by atoms with Crippen molar-refractivity contribution in [1.82, 2.24) is 4.72 Å². The standard InChI is InChI=1S/C18H18N2O7S/c1-11(17(21)20-13-6-7-15-16(9-13)26-10-25-15)27-18(22)12-4-3-5-14(8-12)28(23,24)19-2/h3-9,11,19H,10H2,1-2H3,(H,20,21)/t11-/m0/s1. The Morgan fingerprint density at radius 1 is 1.11 bits per heavy atom. The molecule has 0 bridgehead atoms. The summed E-state index contributed by atoms with van der Waals surface area (Å²) in [6, 6.07) is 10.2. The second-order valence-corrected chi connectivity index (χ2v) is 7.73. The minimum Gasteiger partial charge on any atom is -0.454 e. The van der Waals surface area contributed by atoms with Gasteiger partial charge in [-0.25, -0.2) is 17.9 Å². The van der Waals surface area contributed by atoms with Crippen LogP contribution in [0.3, 0.4) is 0 Å². The van der Waals surface area contributed by atoms with E-state index in [1.54, 1.807) is 18.2 Å². The third kappa shape index (κ3) is 4.24. The zero-order valence-corrected chi connectivity index (χ0v) is 15.9. The first-order valence-corrected chi connectivity index (χ1v) is 9.73. The maximum Gasteiger partial charge on any atom is 0.338 e. The van der Waals surface area contributed by atoms with E-state index in [1.807, 2.05) is 0 Å². The highest BCUT2D eigenvalue weighted by atomic mass is 32.2. The molecule has 0 aliphatic carbocycles. The predicted molar refractivity (Wildman–Crippen MR) is 98.8 cm³/mol. The number of carbonyl (C=O) groups excluding carboxylic acids is 2. The summed E-state index contributed by atoms with van der Waals surface area (Å²) >= 11 is 0. The Bertz CT molecular complexity index is 1020. The van der Waals surface area contributed by atoms with Crippen LogP contribution in [-0.2, 0) is 19.6 Å². The van der Waals surface area contributed by atoms with E-state index in [0.29, 0.717) is 17.2 Å². The molecule has 1 atom stereocenters. The summed E-state index contributed by atoms with van der Waals surface area (Å²) in [7, 11) is -2.44. The molecular formula is C18H18N2O7S. The summed E-state index contributed by atoms with van der Waals surface area (Å²) in [5.41, 5.74) is 0.471. The molecule has 0 radical (unpaired) electrons. The first-order chi connectivity index (χ1) is 13.3. The number of sulfonamides is 1. The molecule has 2 N–H and O–H groups in total. The molecular weight excluding hydrogens is 388 g/mol. The van der Waals surface area contributed by atoms with Crippen LogP contribution in [0.2, 0.25) is 0 Å². The lowest BCUT2D eigenvalue weighted by molar-refractivity contribution is -0.123. The van der Waals surface area contributed by atoms with E-state index in [2.05, 4.69) is 10.0 Å². The minimum atomic E-state index is -3.70. The minimum absolute atomic E-state index is 0.0130. The number of esters is 1. The quantitative estimate of drug-likeness (QED) is 0.698. The van der Waals surface area contributed by atoms with E-state index >= 15 is 0 Å². The lowest BCUT2D eigenvalue weighted by Gasteiger charge is -2.14. The van der Waals surface area contributed by atoms with Gasteiger partial charge in [0.15, 0.2) is 17.6 Å². The molecule has 28 heavy (non-hydrogen) atoms. The zero-order valence-electron chi connectivity index (χ0n) is 15.1. The van der Waals surface area contributed by atoms with Crippen LogP contribution in [0.4, 0.5) is 5.69 Å². The summed E-state index contributed by atoms with van der Waals surface area (Å²) in [6.07, 6.45) is -1.11. The van der Waals surface area contributed by atoms with Gasteiger partial charge >= 0.3 is 5.97 Å². The van der Waals surface area contributed by atoms with Crippen LogP contribution < -0.4 is 19.5 Å². The van der Waals surface area contributed by atoms with Crippen molar-refractivity contribution < 1.29 is 32.2 Å². The summed E-state index contributed by atoms with van der Waals surface area (Å²) in [5.74, 6) is -0.286. The maximum absolute atomic E-state index is 12.3. The SMILES string of the molecule is CNS(=O)(=O)c1cccc(C(=O)O[C@@H](C)C(=O)Nc2ccc3c(c2)OCO3)c1. The molecule has 0 saturated carbocycles. The Labute approximate surface area is 161 Å². The van der Waals surface area contributed by atoms with Crippen LogP contribution in [0.25, 0.3) is 0 Å². The second-order valence-electron chi connectivity index (χ2n) is 5.84. The Morgan fingerprint density at radius 3 is 2.61 bits per heavy atom.